The van der Waals surface area contributed by atoms with E-state index in [-0.39, 0.29) is 25.4 Å². The smallest absolute Gasteiger partial charge is 0.373 e. The highest BCUT2D eigenvalue weighted by Crippen LogP contribution is 2.44. The standard InChI is InChI=1S/C11H23O5P/c1-3-4-5-8-14-17(12,13)15-9-11-7-6-10(2)16-11/h10-11H,3-9H2,1-2H3,(H,12,13)/t10-,11-/m0/s1. The summed E-state index contributed by atoms with van der Waals surface area (Å²) in [4.78, 5) is 9.40. The number of hydrogen-bond donors (Lipinski definition) is 1. The van der Waals surface area contributed by atoms with Crippen molar-refractivity contribution < 1.29 is 23.2 Å². The van der Waals surface area contributed by atoms with Crippen LogP contribution in [0.2, 0.25) is 0 Å². The molecule has 0 aliphatic carbocycles. The Labute approximate surface area is 103 Å². The summed E-state index contributed by atoms with van der Waals surface area (Å²) in [6.07, 6.45) is 4.80. The zero-order valence-electron chi connectivity index (χ0n) is 10.6. The second kappa shape index (κ2) is 7.49. The minimum atomic E-state index is -3.88. The van der Waals surface area contributed by atoms with Gasteiger partial charge in [0.1, 0.15) is 0 Å². The number of ether oxygens (including phenoxy) is 1. The zero-order chi connectivity index (χ0) is 12.7. The maximum absolute atomic E-state index is 11.5. The number of hydrogen-bond acceptors (Lipinski definition) is 4. The van der Waals surface area contributed by atoms with Gasteiger partial charge in [0, 0.05) is 0 Å². The molecule has 102 valence electrons. The average Bonchev–Trinajstić information content (AvgIpc) is 2.68. The molecule has 1 rings (SSSR count). The first-order valence-electron chi connectivity index (χ1n) is 6.31. The van der Waals surface area contributed by atoms with Crippen molar-refractivity contribution >= 4 is 7.82 Å². The van der Waals surface area contributed by atoms with Crippen molar-refractivity contribution in [3.05, 3.63) is 0 Å². The zero-order valence-corrected chi connectivity index (χ0v) is 11.5. The summed E-state index contributed by atoms with van der Waals surface area (Å²) in [5.41, 5.74) is 0. The number of unbranched alkanes of at least 4 members (excludes halogenated alkanes) is 2. The molecule has 1 heterocycles. The Balaban J connectivity index is 2.13. The largest absolute Gasteiger partial charge is 0.472 e. The molecule has 0 radical (unpaired) electrons. The normalized spacial score (nSPS) is 28.2. The van der Waals surface area contributed by atoms with E-state index in [0.717, 1.165) is 32.1 Å². The fourth-order valence-corrected chi connectivity index (χ4v) is 2.54. The van der Waals surface area contributed by atoms with Crippen molar-refractivity contribution in [2.45, 2.75) is 58.2 Å². The Morgan fingerprint density at radius 3 is 2.71 bits per heavy atom. The van der Waals surface area contributed by atoms with E-state index in [1.54, 1.807) is 0 Å². The minimum Gasteiger partial charge on any atom is -0.373 e. The van der Waals surface area contributed by atoms with E-state index in [4.69, 9.17) is 13.8 Å². The molecule has 0 bridgehead atoms. The van der Waals surface area contributed by atoms with Gasteiger partial charge in [0.2, 0.25) is 0 Å². The van der Waals surface area contributed by atoms with Crippen LogP contribution in [0.15, 0.2) is 0 Å². The van der Waals surface area contributed by atoms with Gasteiger partial charge in [0.25, 0.3) is 0 Å². The lowest BCUT2D eigenvalue weighted by molar-refractivity contribution is 0.0149. The molecule has 0 saturated carbocycles. The molecule has 1 aliphatic heterocycles. The first-order chi connectivity index (χ1) is 8.03. The summed E-state index contributed by atoms with van der Waals surface area (Å²) in [6.45, 7) is 4.45. The van der Waals surface area contributed by atoms with E-state index >= 15 is 0 Å². The van der Waals surface area contributed by atoms with E-state index < -0.39 is 7.82 Å². The van der Waals surface area contributed by atoms with Gasteiger partial charge in [-0.15, -0.1) is 0 Å². The monoisotopic (exact) mass is 266 g/mol. The van der Waals surface area contributed by atoms with Gasteiger partial charge in [-0.05, 0) is 26.2 Å². The molecular weight excluding hydrogens is 243 g/mol. The Kier molecular flexibility index (Phi) is 6.67. The molecule has 17 heavy (non-hydrogen) atoms. The molecule has 1 unspecified atom stereocenters. The molecule has 1 aliphatic rings. The summed E-state index contributed by atoms with van der Waals surface area (Å²) >= 11 is 0. The molecule has 3 atom stereocenters. The van der Waals surface area contributed by atoms with Gasteiger partial charge in [0.15, 0.2) is 0 Å². The second-order valence-electron chi connectivity index (χ2n) is 4.45. The quantitative estimate of drug-likeness (QED) is 0.540. The lowest BCUT2D eigenvalue weighted by Crippen LogP contribution is -2.15. The molecule has 5 nitrogen and oxygen atoms in total. The summed E-state index contributed by atoms with van der Waals surface area (Å²) in [7, 11) is -3.88. The van der Waals surface area contributed by atoms with Crippen LogP contribution in [0.25, 0.3) is 0 Å². The van der Waals surface area contributed by atoms with Crippen molar-refractivity contribution in [2.75, 3.05) is 13.2 Å². The topological polar surface area (TPSA) is 65.0 Å². The lowest BCUT2D eigenvalue weighted by atomic mass is 10.2. The number of rotatable bonds is 8. The average molecular weight is 266 g/mol. The van der Waals surface area contributed by atoms with Crippen LogP contribution in [0, 0.1) is 0 Å². The highest BCUT2D eigenvalue weighted by atomic mass is 31.2. The summed E-state index contributed by atoms with van der Waals surface area (Å²) in [5.74, 6) is 0. The van der Waals surface area contributed by atoms with Crippen LogP contribution >= 0.6 is 7.82 Å². The van der Waals surface area contributed by atoms with E-state index in [2.05, 4.69) is 6.92 Å². The van der Waals surface area contributed by atoms with E-state index in [1.165, 1.54) is 0 Å². The first-order valence-corrected chi connectivity index (χ1v) is 7.80. The van der Waals surface area contributed by atoms with Crippen LogP contribution in [-0.2, 0) is 18.3 Å². The van der Waals surface area contributed by atoms with Gasteiger partial charge < -0.3 is 9.63 Å². The van der Waals surface area contributed by atoms with Gasteiger partial charge in [-0.25, -0.2) is 4.57 Å². The Morgan fingerprint density at radius 2 is 2.12 bits per heavy atom. The summed E-state index contributed by atoms with van der Waals surface area (Å²) < 4.78 is 26.7. The minimum absolute atomic E-state index is 0.0790. The van der Waals surface area contributed by atoms with Crippen molar-refractivity contribution in [1.82, 2.24) is 0 Å². The fraction of sp³-hybridized carbons (Fsp3) is 1.00. The van der Waals surface area contributed by atoms with Crippen molar-refractivity contribution in [3.8, 4) is 0 Å². The molecular formula is C11H23O5P. The summed E-state index contributed by atoms with van der Waals surface area (Å²) in [5, 5.41) is 0. The molecule has 0 spiro atoms. The second-order valence-corrected chi connectivity index (χ2v) is 5.90. The van der Waals surface area contributed by atoms with Crippen LogP contribution in [-0.4, -0.2) is 30.3 Å². The van der Waals surface area contributed by atoms with Crippen LogP contribution in [0.1, 0.15) is 46.0 Å². The predicted molar refractivity (Wildman–Crippen MR) is 64.8 cm³/mol. The number of phosphoric acid groups is 1. The van der Waals surface area contributed by atoms with Gasteiger partial charge in [-0.1, -0.05) is 19.8 Å². The Morgan fingerprint density at radius 1 is 1.35 bits per heavy atom. The molecule has 0 amide bonds. The molecule has 1 fully saturated rings. The van der Waals surface area contributed by atoms with Crippen LogP contribution in [0.3, 0.4) is 0 Å². The maximum Gasteiger partial charge on any atom is 0.472 e. The molecule has 1 N–H and O–H groups in total. The third-order valence-electron chi connectivity index (χ3n) is 2.75. The third kappa shape index (κ3) is 6.53. The van der Waals surface area contributed by atoms with E-state index in [0.29, 0.717) is 0 Å². The predicted octanol–water partition coefficient (Wildman–Crippen LogP) is 2.88. The van der Waals surface area contributed by atoms with E-state index in [9.17, 15) is 9.46 Å². The van der Waals surface area contributed by atoms with Crippen molar-refractivity contribution in [1.29, 1.82) is 0 Å². The van der Waals surface area contributed by atoms with Crippen molar-refractivity contribution in [2.24, 2.45) is 0 Å². The van der Waals surface area contributed by atoms with Gasteiger partial charge >= 0.3 is 7.82 Å². The van der Waals surface area contributed by atoms with Gasteiger partial charge in [-0.2, -0.15) is 0 Å². The molecule has 0 aromatic rings. The van der Waals surface area contributed by atoms with Crippen LogP contribution < -0.4 is 0 Å². The van der Waals surface area contributed by atoms with Gasteiger partial charge in [0.05, 0.1) is 25.4 Å². The first kappa shape index (κ1) is 15.1. The highest BCUT2D eigenvalue weighted by Gasteiger charge is 2.27. The van der Waals surface area contributed by atoms with Crippen LogP contribution in [0.5, 0.6) is 0 Å². The summed E-state index contributed by atoms with van der Waals surface area (Å²) in [6, 6.07) is 0. The molecule has 6 heteroatoms. The molecule has 0 aromatic heterocycles. The van der Waals surface area contributed by atoms with Gasteiger partial charge in [-0.3, -0.25) is 9.05 Å². The number of phosphoric ester groups is 1. The lowest BCUT2D eigenvalue weighted by Gasteiger charge is -2.15. The fourth-order valence-electron chi connectivity index (χ4n) is 1.75. The SMILES string of the molecule is CCCCCOP(=O)(O)OC[C@@H]1CC[C@H](C)O1. The molecule has 0 aromatic carbocycles. The van der Waals surface area contributed by atoms with E-state index in [1.807, 2.05) is 6.92 Å². The van der Waals surface area contributed by atoms with Crippen LogP contribution in [0.4, 0.5) is 0 Å². The Bertz CT molecular complexity index is 258. The molecule has 1 saturated heterocycles. The highest BCUT2D eigenvalue weighted by molar-refractivity contribution is 7.47. The maximum atomic E-state index is 11.5. The Hall–Kier alpha value is 0.0700. The third-order valence-corrected chi connectivity index (χ3v) is 3.73. The van der Waals surface area contributed by atoms with Crippen molar-refractivity contribution in [3.63, 3.8) is 0 Å².